The Morgan fingerprint density at radius 1 is 0.875 bits per heavy atom. The number of nitrogens with one attached hydrogen (secondary N) is 1. The topological polar surface area (TPSA) is 77.1 Å². The molecular weight excluding hydrogens is 408 g/mol. The van der Waals surface area contributed by atoms with E-state index in [1.54, 1.807) is 11.0 Å². The summed E-state index contributed by atoms with van der Waals surface area (Å²) in [6.07, 6.45) is 2.27. The van der Waals surface area contributed by atoms with Crippen LogP contribution in [0.5, 0.6) is 17.2 Å². The summed E-state index contributed by atoms with van der Waals surface area (Å²) >= 11 is 0. The number of para-hydroxylation sites is 3. The van der Waals surface area contributed by atoms with Crippen molar-refractivity contribution < 1.29 is 23.8 Å². The van der Waals surface area contributed by atoms with Gasteiger partial charge in [-0.05, 0) is 49.9 Å². The Kier molecular flexibility index (Phi) is 8.78. The van der Waals surface area contributed by atoms with E-state index in [9.17, 15) is 9.59 Å². The highest BCUT2D eigenvalue weighted by molar-refractivity contribution is 5.79. The summed E-state index contributed by atoms with van der Waals surface area (Å²) in [6, 6.07) is 15.1. The molecule has 0 aromatic heterocycles. The average Bonchev–Trinajstić information content (AvgIpc) is 2.83. The number of ether oxygens (including phenoxy) is 3. The number of likely N-dealkylation sites (tertiary alicyclic amines) is 1. The van der Waals surface area contributed by atoms with Gasteiger partial charge in [0.05, 0.1) is 6.61 Å². The fourth-order valence-electron chi connectivity index (χ4n) is 3.70. The maximum atomic E-state index is 12.5. The Balaban J connectivity index is 1.39. The number of nitrogens with zero attached hydrogens (tertiary/aromatic N) is 1. The lowest BCUT2D eigenvalue weighted by atomic mass is 10.1. The fourth-order valence-corrected chi connectivity index (χ4v) is 3.70. The van der Waals surface area contributed by atoms with Crippen molar-refractivity contribution in [1.82, 2.24) is 10.2 Å². The molecule has 0 atom stereocenters. The highest BCUT2D eigenvalue weighted by Gasteiger charge is 2.24. The number of amides is 2. The largest absolute Gasteiger partial charge is 0.490 e. The molecule has 1 N–H and O–H groups in total. The molecule has 0 unspecified atom stereocenters. The summed E-state index contributed by atoms with van der Waals surface area (Å²) in [5.74, 6) is 1.73. The third-order valence-electron chi connectivity index (χ3n) is 5.43. The van der Waals surface area contributed by atoms with Crippen LogP contribution in [0.1, 0.15) is 32.3 Å². The van der Waals surface area contributed by atoms with E-state index in [4.69, 9.17) is 14.2 Å². The zero-order chi connectivity index (χ0) is 22.8. The Labute approximate surface area is 189 Å². The summed E-state index contributed by atoms with van der Waals surface area (Å²) in [5, 5.41) is 3.02. The number of carbonyl (C=O) groups is 2. The van der Waals surface area contributed by atoms with Crippen molar-refractivity contribution in [3.63, 3.8) is 0 Å². The minimum absolute atomic E-state index is 0.0107. The Hall–Kier alpha value is -3.22. The fraction of sp³-hybridized carbons (Fsp3) is 0.440. The minimum atomic E-state index is -0.142. The molecule has 0 saturated carbocycles. The summed E-state index contributed by atoms with van der Waals surface area (Å²) < 4.78 is 16.9. The predicted molar refractivity (Wildman–Crippen MR) is 122 cm³/mol. The first-order valence-electron chi connectivity index (χ1n) is 11.2. The molecule has 1 saturated heterocycles. The molecule has 2 aromatic carbocycles. The van der Waals surface area contributed by atoms with E-state index < -0.39 is 0 Å². The van der Waals surface area contributed by atoms with Gasteiger partial charge in [0.1, 0.15) is 5.75 Å². The van der Waals surface area contributed by atoms with Crippen LogP contribution in [0.15, 0.2) is 48.5 Å². The molecule has 0 radical (unpaired) electrons. The van der Waals surface area contributed by atoms with Crippen LogP contribution < -0.4 is 19.5 Å². The van der Waals surface area contributed by atoms with Crippen molar-refractivity contribution in [2.75, 3.05) is 32.9 Å². The molecule has 1 heterocycles. The predicted octanol–water partition coefficient (Wildman–Crippen LogP) is 3.21. The van der Waals surface area contributed by atoms with Gasteiger partial charge in [-0.2, -0.15) is 0 Å². The summed E-state index contributed by atoms with van der Waals surface area (Å²) in [7, 11) is 0. The quantitative estimate of drug-likeness (QED) is 0.614. The summed E-state index contributed by atoms with van der Waals surface area (Å²) in [4.78, 5) is 26.6. The first-order chi connectivity index (χ1) is 15.6. The van der Waals surface area contributed by atoms with Gasteiger partial charge in [-0.15, -0.1) is 0 Å². The van der Waals surface area contributed by atoms with Gasteiger partial charge in [0.2, 0.25) is 0 Å². The maximum Gasteiger partial charge on any atom is 0.260 e. The van der Waals surface area contributed by atoms with E-state index >= 15 is 0 Å². The Bertz CT molecular complexity index is 893. The molecule has 0 bridgehead atoms. The summed E-state index contributed by atoms with van der Waals surface area (Å²) in [5.41, 5.74) is 1.08. The number of aryl methyl sites for hydroxylation is 1. The number of hydrogen-bond acceptors (Lipinski definition) is 5. The summed E-state index contributed by atoms with van der Waals surface area (Å²) in [6.45, 7) is 5.61. The van der Waals surface area contributed by atoms with Gasteiger partial charge in [0.25, 0.3) is 11.8 Å². The van der Waals surface area contributed by atoms with Gasteiger partial charge >= 0.3 is 0 Å². The first-order valence-corrected chi connectivity index (χ1v) is 11.2. The maximum absolute atomic E-state index is 12.5. The van der Waals surface area contributed by atoms with Crippen LogP contribution >= 0.6 is 0 Å². The number of piperidine rings is 1. The van der Waals surface area contributed by atoms with Crippen LogP contribution in [0.2, 0.25) is 0 Å². The molecule has 32 heavy (non-hydrogen) atoms. The van der Waals surface area contributed by atoms with Crippen LogP contribution in [0.4, 0.5) is 0 Å². The molecule has 0 aliphatic carbocycles. The van der Waals surface area contributed by atoms with Crippen LogP contribution in [0.25, 0.3) is 0 Å². The smallest absolute Gasteiger partial charge is 0.260 e. The first kappa shape index (κ1) is 23.4. The molecule has 2 amide bonds. The van der Waals surface area contributed by atoms with E-state index in [1.807, 2.05) is 49.4 Å². The zero-order valence-corrected chi connectivity index (χ0v) is 18.8. The van der Waals surface area contributed by atoms with Crippen LogP contribution in [-0.4, -0.2) is 55.7 Å². The number of rotatable bonds is 10. The highest BCUT2D eigenvalue weighted by Crippen LogP contribution is 2.26. The second-order valence-corrected chi connectivity index (χ2v) is 7.64. The second-order valence-electron chi connectivity index (χ2n) is 7.64. The molecule has 1 aliphatic rings. The van der Waals surface area contributed by atoms with Crippen molar-refractivity contribution in [2.45, 2.75) is 39.2 Å². The lowest BCUT2D eigenvalue weighted by Crippen LogP contribution is -2.48. The third-order valence-corrected chi connectivity index (χ3v) is 5.43. The van der Waals surface area contributed by atoms with Crippen LogP contribution in [0.3, 0.4) is 0 Å². The molecule has 2 aromatic rings. The van der Waals surface area contributed by atoms with Gasteiger partial charge in [0.15, 0.2) is 24.7 Å². The van der Waals surface area contributed by atoms with Gasteiger partial charge in [-0.3, -0.25) is 9.59 Å². The standard InChI is InChI=1S/C25H32N2O5/c1-3-19-9-5-6-10-21(19)31-17-24(28)26-20-13-15-27(16-14-20)25(29)18-32-23-12-8-7-11-22(23)30-4-2/h5-12,20H,3-4,13-18H2,1-2H3,(H,26,28). The lowest BCUT2D eigenvalue weighted by Gasteiger charge is -2.32. The van der Waals surface area contributed by atoms with Crippen molar-refractivity contribution in [3.05, 3.63) is 54.1 Å². The van der Waals surface area contributed by atoms with E-state index in [-0.39, 0.29) is 31.1 Å². The SMILES string of the molecule is CCOc1ccccc1OCC(=O)N1CCC(NC(=O)COc2ccccc2CC)CC1. The van der Waals surface area contributed by atoms with Crippen molar-refractivity contribution >= 4 is 11.8 Å². The lowest BCUT2D eigenvalue weighted by molar-refractivity contribution is -0.134. The number of carbonyl (C=O) groups excluding carboxylic acids is 2. The Morgan fingerprint density at radius 3 is 2.12 bits per heavy atom. The van der Waals surface area contributed by atoms with Crippen LogP contribution in [0, 0.1) is 0 Å². The van der Waals surface area contributed by atoms with E-state index in [2.05, 4.69) is 12.2 Å². The minimum Gasteiger partial charge on any atom is -0.490 e. The van der Waals surface area contributed by atoms with Gasteiger partial charge in [-0.1, -0.05) is 37.3 Å². The van der Waals surface area contributed by atoms with Gasteiger partial charge < -0.3 is 24.4 Å². The van der Waals surface area contributed by atoms with Crippen molar-refractivity contribution in [1.29, 1.82) is 0 Å². The zero-order valence-electron chi connectivity index (χ0n) is 18.8. The monoisotopic (exact) mass is 440 g/mol. The van der Waals surface area contributed by atoms with Crippen LogP contribution in [-0.2, 0) is 16.0 Å². The molecule has 1 aliphatic heterocycles. The third kappa shape index (κ3) is 6.64. The van der Waals surface area contributed by atoms with E-state index in [1.165, 1.54) is 0 Å². The molecule has 7 heteroatoms. The normalized spacial score (nSPS) is 14.0. The molecule has 172 valence electrons. The number of benzene rings is 2. The Morgan fingerprint density at radius 2 is 1.47 bits per heavy atom. The molecular formula is C25H32N2O5. The molecule has 3 rings (SSSR count). The number of hydrogen-bond donors (Lipinski definition) is 1. The van der Waals surface area contributed by atoms with Crippen molar-refractivity contribution in [3.8, 4) is 17.2 Å². The second kappa shape index (κ2) is 12.0. The molecule has 1 fully saturated rings. The van der Waals surface area contributed by atoms with E-state index in [0.717, 1.165) is 17.7 Å². The van der Waals surface area contributed by atoms with Crippen molar-refractivity contribution in [2.24, 2.45) is 0 Å². The molecule has 7 nitrogen and oxygen atoms in total. The van der Waals surface area contributed by atoms with E-state index in [0.29, 0.717) is 44.0 Å². The molecule has 0 spiro atoms. The average molecular weight is 441 g/mol. The highest BCUT2D eigenvalue weighted by atomic mass is 16.5. The van der Waals surface area contributed by atoms with Gasteiger partial charge in [-0.25, -0.2) is 0 Å². The van der Waals surface area contributed by atoms with Gasteiger partial charge in [0, 0.05) is 19.1 Å².